The fourth-order valence-electron chi connectivity index (χ4n) is 3.67. The summed E-state index contributed by atoms with van der Waals surface area (Å²) in [5.74, 6) is -0.500. The third kappa shape index (κ3) is 4.70. The van der Waals surface area contributed by atoms with Crippen molar-refractivity contribution in [3.63, 3.8) is 0 Å². The van der Waals surface area contributed by atoms with Gasteiger partial charge in [-0.2, -0.15) is 0 Å². The quantitative estimate of drug-likeness (QED) is 0.489. The first kappa shape index (κ1) is 21.6. The van der Waals surface area contributed by atoms with E-state index in [2.05, 4.69) is 25.4 Å². The standard InChI is InChI=1S/C26H28F2N2/c1-5-7-20-9-12-23(17-25(20)28)29-18(3)26-19(4)30(16-15-21(26)8-6-2)24-13-10-22(27)11-14-24/h9-17,29H,3-8H2,1-2H3. The van der Waals surface area contributed by atoms with Crippen molar-refractivity contribution in [2.24, 2.45) is 0 Å². The third-order valence-electron chi connectivity index (χ3n) is 5.12. The van der Waals surface area contributed by atoms with Gasteiger partial charge in [-0.15, -0.1) is 0 Å². The molecular formula is C26H28F2N2. The molecule has 0 saturated carbocycles. The van der Waals surface area contributed by atoms with E-state index >= 15 is 0 Å². The van der Waals surface area contributed by atoms with Gasteiger partial charge in [-0.1, -0.05) is 45.9 Å². The number of halogens is 2. The van der Waals surface area contributed by atoms with Gasteiger partial charge in [0.1, 0.15) is 11.6 Å². The van der Waals surface area contributed by atoms with Crippen LogP contribution in [0.4, 0.5) is 20.2 Å². The van der Waals surface area contributed by atoms with Gasteiger partial charge in [0.2, 0.25) is 0 Å². The van der Waals surface area contributed by atoms with Crippen molar-refractivity contribution < 1.29 is 8.78 Å². The van der Waals surface area contributed by atoms with Crippen molar-refractivity contribution >= 4 is 11.4 Å². The summed E-state index contributed by atoms with van der Waals surface area (Å²) >= 11 is 0. The van der Waals surface area contributed by atoms with Gasteiger partial charge in [0.05, 0.1) is 0 Å². The largest absolute Gasteiger partial charge is 0.355 e. The molecule has 2 aromatic carbocycles. The minimum Gasteiger partial charge on any atom is -0.355 e. The van der Waals surface area contributed by atoms with Crippen molar-refractivity contribution in [1.82, 2.24) is 0 Å². The molecule has 0 aliphatic carbocycles. The number of allylic oxidation sites excluding steroid dienone is 2. The summed E-state index contributed by atoms with van der Waals surface area (Å²) in [6.07, 6.45) is 7.43. The van der Waals surface area contributed by atoms with Gasteiger partial charge in [-0.05, 0) is 66.5 Å². The van der Waals surface area contributed by atoms with Crippen LogP contribution in [0.1, 0.15) is 38.7 Å². The van der Waals surface area contributed by atoms with E-state index in [9.17, 15) is 8.78 Å². The van der Waals surface area contributed by atoms with Crippen LogP contribution in [0, 0.1) is 11.6 Å². The first-order valence-corrected chi connectivity index (χ1v) is 10.3. The minimum atomic E-state index is -0.285. The van der Waals surface area contributed by atoms with Crippen LogP contribution in [0.15, 0.2) is 90.4 Å². The average molecular weight is 407 g/mol. The normalized spacial score (nSPS) is 13.7. The van der Waals surface area contributed by atoms with Crippen molar-refractivity contribution in [2.45, 2.75) is 39.5 Å². The van der Waals surface area contributed by atoms with E-state index in [1.165, 1.54) is 18.2 Å². The number of nitrogens with one attached hydrogen (secondary N) is 1. The van der Waals surface area contributed by atoms with Crippen LogP contribution in [0.25, 0.3) is 0 Å². The molecule has 1 N–H and O–H groups in total. The Bertz CT molecular complexity index is 1000. The maximum atomic E-state index is 14.4. The fourth-order valence-corrected chi connectivity index (χ4v) is 3.67. The maximum Gasteiger partial charge on any atom is 0.128 e. The van der Waals surface area contributed by atoms with E-state index in [1.54, 1.807) is 12.1 Å². The number of rotatable bonds is 8. The van der Waals surface area contributed by atoms with E-state index in [0.29, 0.717) is 23.4 Å². The Balaban J connectivity index is 1.88. The van der Waals surface area contributed by atoms with E-state index in [0.717, 1.165) is 41.8 Å². The van der Waals surface area contributed by atoms with Gasteiger partial charge in [0, 0.05) is 34.5 Å². The topological polar surface area (TPSA) is 15.3 Å². The molecular weight excluding hydrogens is 378 g/mol. The Morgan fingerprint density at radius 2 is 1.70 bits per heavy atom. The van der Waals surface area contributed by atoms with E-state index in [4.69, 9.17) is 0 Å². The molecule has 0 spiro atoms. The Morgan fingerprint density at radius 1 is 1.00 bits per heavy atom. The molecule has 30 heavy (non-hydrogen) atoms. The van der Waals surface area contributed by atoms with Crippen LogP contribution in [-0.4, -0.2) is 0 Å². The number of hydrogen-bond donors (Lipinski definition) is 1. The monoisotopic (exact) mass is 406 g/mol. The zero-order valence-corrected chi connectivity index (χ0v) is 17.6. The summed E-state index contributed by atoms with van der Waals surface area (Å²) in [6, 6.07) is 11.5. The predicted octanol–water partition coefficient (Wildman–Crippen LogP) is 7.49. The van der Waals surface area contributed by atoms with Crippen LogP contribution < -0.4 is 10.2 Å². The average Bonchev–Trinajstić information content (AvgIpc) is 2.71. The van der Waals surface area contributed by atoms with Crippen LogP contribution in [0.2, 0.25) is 0 Å². The van der Waals surface area contributed by atoms with Crippen LogP contribution >= 0.6 is 0 Å². The summed E-state index contributed by atoms with van der Waals surface area (Å²) in [4.78, 5) is 1.91. The van der Waals surface area contributed by atoms with Crippen molar-refractivity contribution in [3.8, 4) is 0 Å². The molecule has 3 rings (SSSR count). The number of hydrogen-bond acceptors (Lipinski definition) is 2. The lowest BCUT2D eigenvalue weighted by Gasteiger charge is -2.31. The van der Waals surface area contributed by atoms with Gasteiger partial charge in [0.25, 0.3) is 0 Å². The molecule has 1 heterocycles. The van der Waals surface area contributed by atoms with Gasteiger partial charge in [-0.3, -0.25) is 0 Å². The molecule has 0 fully saturated rings. The summed E-state index contributed by atoms with van der Waals surface area (Å²) < 4.78 is 27.7. The van der Waals surface area contributed by atoms with Crippen LogP contribution in [0.3, 0.4) is 0 Å². The minimum absolute atomic E-state index is 0.215. The lowest BCUT2D eigenvalue weighted by atomic mass is 9.95. The van der Waals surface area contributed by atoms with Crippen molar-refractivity contribution in [1.29, 1.82) is 0 Å². The van der Waals surface area contributed by atoms with Crippen molar-refractivity contribution in [2.75, 3.05) is 10.2 Å². The zero-order chi connectivity index (χ0) is 21.7. The summed E-state index contributed by atoms with van der Waals surface area (Å²) in [5, 5.41) is 3.25. The Hall–Kier alpha value is -3.14. The highest BCUT2D eigenvalue weighted by Crippen LogP contribution is 2.35. The van der Waals surface area contributed by atoms with E-state index in [-0.39, 0.29) is 11.6 Å². The van der Waals surface area contributed by atoms with Crippen molar-refractivity contribution in [3.05, 3.63) is 108 Å². The smallest absolute Gasteiger partial charge is 0.128 e. The molecule has 2 aromatic rings. The molecule has 156 valence electrons. The van der Waals surface area contributed by atoms with Gasteiger partial charge in [0.15, 0.2) is 0 Å². The highest BCUT2D eigenvalue weighted by molar-refractivity contribution is 5.70. The first-order chi connectivity index (χ1) is 14.4. The Morgan fingerprint density at radius 3 is 2.33 bits per heavy atom. The summed E-state index contributed by atoms with van der Waals surface area (Å²) in [6.45, 7) is 12.6. The van der Waals surface area contributed by atoms with Gasteiger partial charge >= 0.3 is 0 Å². The van der Waals surface area contributed by atoms with E-state index < -0.39 is 0 Å². The highest BCUT2D eigenvalue weighted by Gasteiger charge is 2.22. The first-order valence-electron chi connectivity index (χ1n) is 10.3. The second-order valence-corrected chi connectivity index (χ2v) is 7.42. The summed E-state index contributed by atoms with van der Waals surface area (Å²) in [5.41, 5.74) is 5.58. The van der Waals surface area contributed by atoms with Gasteiger partial charge in [-0.25, -0.2) is 8.78 Å². The number of aryl methyl sites for hydroxylation is 1. The molecule has 0 radical (unpaired) electrons. The molecule has 2 nitrogen and oxygen atoms in total. The maximum absolute atomic E-state index is 14.4. The molecule has 0 atom stereocenters. The fraction of sp³-hybridized carbons (Fsp3) is 0.231. The molecule has 0 amide bonds. The number of nitrogens with zero attached hydrogens (tertiary/aromatic N) is 1. The second kappa shape index (κ2) is 9.57. The molecule has 0 unspecified atom stereocenters. The number of anilines is 2. The molecule has 1 aliphatic rings. The van der Waals surface area contributed by atoms with E-state index in [1.807, 2.05) is 36.2 Å². The van der Waals surface area contributed by atoms with Crippen LogP contribution in [0.5, 0.6) is 0 Å². The highest BCUT2D eigenvalue weighted by atomic mass is 19.1. The number of benzene rings is 2. The third-order valence-corrected chi connectivity index (χ3v) is 5.12. The zero-order valence-electron chi connectivity index (χ0n) is 17.6. The van der Waals surface area contributed by atoms with Gasteiger partial charge < -0.3 is 10.2 Å². The SMILES string of the molecule is C=C(Nc1ccc(CCC)c(F)c1)C1=C(CCC)C=CN(c2ccc(F)cc2)C1=C. The summed E-state index contributed by atoms with van der Waals surface area (Å²) in [7, 11) is 0. The second-order valence-electron chi connectivity index (χ2n) is 7.42. The van der Waals surface area contributed by atoms with Crippen LogP contribution in [-0.2, 0) is 6.42 Å². The molecule has 0 saturated heterocycles. The molecule has 1 aliphatic heterocycles. The predicted molar refractivity (Wildman–Crippen MR) is 122 cm³/mol. The molecule has 4 heteroatoms. The lowest BCUT2D eigenvalue weighted by Crippen LogP contribution is -2.22. The molecule has 0 aromatic heterocycles. The Labute approximate surface area is 177 Å². The molecule has 0 bridgehead atoms. The Kier molecular flexibility index (Phi) is 6.88. The lowest BCUT2D eigenvalue weighted by molar-refractivity contribution is 0.608.